The molecule has 1 unspecified atom stereocenters. The second kappa shape index (κ2) is 9.35. The zero-order valence-corrected chi connectivity index (χ0v) is 24.9. The van der Waals surface area contributed by atoms with E-state index in [9.17, 15) is 4.79 Å². The Balaban J connectivity index is 1.39. The number of hydrogen-bond acceptors (Lipinski definition) is 4. The smallest absolute Gasteiger partial charge is 0.277 e. The van der Waals surface area contributed by atoms with Crippen molar-refractivity contribution in [2.75, 3.05) is 11.5 Å². The largest absolute Gasteiger partial charge is 0.361 e. The van der Waals surface area contributed by atoms with Crippen LogP contribution in [0, 0.1) is 3.57 Å². The maximum absolute atomic E-state index is 14.0. The molecular formula is C28H32IN5O2Si. The van der Waals surface area contributed by atoms with Crippen molar-refractivity contribution in [2.45, 2.75) is 57.2 Å². The van der Waals surface area contributed by atoms with Crippen LogP contribution in [-0.2, 0) is 18.5 Å². The molecule has 192 valence electrons. The highest BCUT2D eigenvalue weighted by molar-refractivity contribution is 14.1. The molecule has 1 saturated carbocycles. The molecule has 1 atom stereocenters. The number of halogens is 1. The van der Waals surface area contributed by atoms with E-state index in [0.29, 0.717) is 18.3 Å². The number of carbonyl (C=O) groups is 1. The molecule has 0 spiro atoms. The van der Waals surface area contributed by atoms with Crippen LogP contribution in [0.3, 0.4) is 0 Å². The fourth-order valence-electron chi connectivity index (χ4n) is 5.17. The van der Waals surface area contributed by atoms with Crippen LogP contribution in [0.25, 0.3) is 11.0 Å². The van der Waals surface area contributed by atoms with Gasteiger partial charge in [-0.05, 0) is 77.4 Å². The maximum atomic E-state index is 14.0. The molecule has 1 aliphatic carbocycles. The highest BCUT2D eigenvalue weighted by atomic mass is 127. The van der Waals surface area contributed by atoms with Crippen LogP contribution in [0.5, 0.6) is 0 Å². The van der Waals surface area contributed by atoms with Crippen molar-refractivity contribution < 1.29 is 9.53 Å². The average Bonchev–Trinajstić information content (AvgIpc) is 3.43. The molecule has 2 aliphatic rings. The second-order valence-corrected chi connectivity index (χ2v) is 18.3. The van der Waals surface area contributed by atoms with Gasteiger partial charge in [-0.1, -0.05) is 31.8 Å². The van der Waals surface area contributed by atoms with Crippen LogP contribution in [-0.4, -0.2) is 39.9 Å². The molecule has 2 aromatic heterocycles. The topological polar surface area (TPSA) is 65.2 Å². The first-order chi connectivity index (χ1) is 17.7. The Labute approximate surface area is 232 Å². The number of nitrogens with zero attached hydrogens (tertiary/aromatic N) is 5. The normalized spacial score (nSPS) is 17.7. The highest BCUT2D eigenvalue weighted by Gasteiger charge is 2.46. The molecule has 1 aliphatic heterocycles. The van der Waals surface area contributed by atoms with Gasteiger partial charge in [-0.25, -0.2) is 4.98 Å². The summed E-state index contributed by atoms with van der Waals surface area (Å²) in [6, 6.07) is 15.5. The van der Waals surface area contributed by atoms with Crippen molar-refractivity contribution in [3.63, 3.8) is 0 Å². The van der Waals surface area contributed by atoms with Gasteiger partial charge in [0.05, 0.1) is 29.1 Å². The van der Waals surface area contributed by atoms with Crippen LogP contribution >= 0.6 is 22.6 Å². The Morgan fingerprint density at radius 1 is 1.11 bits per heavy atom. The molecule has 1 fully saturated rings. The van der Waals surface area contributed by atoms with Crippen molar-refractivity contribution in [3.8, 4) is 0 Å². The molecule has 0 N–H and O–H groups in total. The lowest BCUT2D eigenvalue weighted by atomic mass is 9.97. The maximum Gasteiger partial charge on any atom is 0.277 e. The van der Waals surface area contributed by atoms with Crippen LogP contribution in [0.15, 0.2) is 48.8 Å². The number of rotatable bonds is 8. The van der Waals surface area contributed by atoms with Gasteiger partial charge in [-0.15, -0.1) is 0 Å². The minimum Gasteiger partial charge on any atom is -0.361 e. The van der Waals surface area contributed by atoms with E-state index < -0.39 is 8.07 Å². The number of ether oxygens (including phenoxy) is 1. The molecule has 9 heteroatoms. The lowest BCUT2D eigenvalue weighted by molar-refractivity contribution is 0.0898. The van der Waals surface area contributed by atoms with Gasteiger partial charge < -0.3 is 9.30 Å². The first-order valence-electron chi connectivity index (χ1n) is 12.9. The van der Waals surface area contributed by atoms with Crippen LogP contribution in [0.1, 0.15) is 52.1 Å². The summed E-state index contributed by atoms with van der Waals surface area (Å²) >= 11 is 2.33. The number of hydrogen-bond donors (Lipinski definition) is 0. The van der Waals surface area contributed by atoms with Gasteiger partial charge in [-0.2, -0.15) is 5.10 Å². The first-order valence-corrected chi connectivity index (χ1v) is 17.7. The number of aromatic nitrogens is 4. The number of anilines is 1. The fourth-order valence-corrected chi connectivity index (χ4v) is 6.29. The van der Waals surface area contributed by atoms with Crippen LogP contribution < -0.4 is 4.90 Å². The molecule has 0 bridgehead atoms. The van der Waals surface area contributed by atoms with E-state index in [1.54, 1.807) is 4.68 Å². The number of aryl methyl sites for hydroxylation is 1. The third-order valence-corrected chi connectivity index (χ3v) is 9.75. The third-order valence-electron chi connectivity index (χ3n) is 7.32. The predicted octanol–water partition coefficient (Wildman–Crippen LogP) is 6.31. The summed E-state index contributed by atoms with van der Waals surface area (Å²) in [5.74, 6) is 0.448. The van der Waals surface area contributed by atoms with Gasteiger partial charge in [0.15, 0.2) is 0 Å². The van der Waals surface area contributed by atoms with E-state index in [1.165, 1.54) is 3.57 Å². The summed E-state index contributed by atoms with van der Waals surface area (Å²) in [7, 11) is 0.746. The summed E-state index contributed by atoms with van der Waals surface area (Å²) in [4.78, 5) is 20.5. The van der Waals surface area contributed by atoms with Gasteiger partial charge in [0.1, 0.15) is 12.4 Å². The SMILES string of the molecule is Cn1nc(C2CC2)c2c1C(=O)N(c1ccc3ncn(COCC[Si](C)(C)C)c3c1)C2c1ccc(I)cc1. The van der Waals surface area contributed by atoms with Gasteiger partial charge in [0.25, 0.3) is 5.91 Å². The first kappa shape index (κ1) is 24.8. The monoisotopic (exact) mass is 625 g/mol. The standard InChI is InChI=1S/C28H32IN5O2Si/c1-32-27-24(25(31-32)18-5-6-18)26(19-7-9-20(29)10-8-19)34(28(27)35)21-11-12-22-23(15-21)33(16-30-22)17-36-13-14-37(2,3)4/h7-12,15-16,18,26H,5-6,13-14,17H2,1-4H3. The second-order valence-electron chi connectivity index (χ2n) is 11.4. The van der Waals surface area contributed by atoms with E-state index in [-0.39, 0.29) is 11.9 Å². The molecule has 0 radical (unpaired) electrons. The summed E-state index contributed by atoms with van der Waals surface area (Å²) in [5, 5.41) is 4.82. The van der Waals surface area contributed by atoms with E-state index in [4.69, 9.17) is 9.84 Å². The molecule has 7 nitrogen and oxygen atoms in total. The van der Waals surface area contributed by atoms with Crippen LogP contribution in [0.2, 0.25) is 25.7 Å². The number of fused-ring (bicyclic) bond motifs is 2. The fraction of sp³-hybridized carbons (Fsp3) is 0.393. The summed E-state index contributed by atoms with van der Waals surface area (Å²) in [5.41, 5.74) is 6.68. The Morgan fingerprint density at radius 2 is 1.86 bits per heavy atom. The molecule has 6 rings (SSSR count). The number of imidazole rings is 1. The van der Waals surface area contributed by atoms with Crippen molar-refractivity contribution in [1.82, 2.24) is 19.3 Å². The molecule has 4 aromatic rings. The van der Waals surface area contributed by atoms with Gasteiger partial charge >= 0.3 is 0 Å². The Kier molecular flexibility index (Phi) is 6.27. The van der Waals surface area contributed by atoms with Gasteiger partial charge in [0, 0.05) is 42.5 Å². The highest BCUT2D eigenvalue weighted by Crippen LogP contribution is 2.50. The lowest BCUT2D eigenvalue weighted by Crippen LogP contribution is -2.30. The lowest BCUT2D eigenvalue weighted by Gasteiger charge is -2.27. The molecule has 1 amide bonds. The van der Waals surface area contributed by atoms with E-state index >= 15 is 0 Å². The molecular weight excluding hydrogens is 593 g/mol. The van der Waals surface area contributed by atoms with Crippen LogP contribution in [0.4, 0.5) is 5.69 Å². The Hall–Kier alpha value is -2.50. The number of carbonyl (C=O) groups excluding carboxylic acids is 1. The zero-order chi connectivity index (χ0) is 25.9. The van der Waals surface area contributed by atoms with Crippen molar-refractivity contribution in [1.29, 1.82) is 0 Å². The van der Waals surface area contributed by atoms with Crippen molar-refractivity contribution >= 4 is 53.3 Å². The Morgan fingerprint density at radius 3 is 2.57 bits per heavy atom. The zero-order valence-electron chi connectivity index (χ0n) is 21.7. The molecule has 0 saturated heterocycles. The van der Waals surface area contributed by atoms with Crippen molar-refractivity contribution in [2.24, 2.45) is 7.05 Å². The summed E-state index contributed by atoms with van der Waals surface area (Å²) in [6.45, 7) is 8.27. The number of amides is 1. The summed E-state index contributed by atoms with van der Waals surface area (Å²) in [6.07, 6.45) is 4.11. The Bertz CT molecular complexity index is 1480. The number of benzene rings is 2. The average molecular weight is 626 g/mol. The van der Waals surface area contributed by atoms with Gasteiger partial charge in [0.2, 0.25) is 0 Å². The predicted molar refractivity (Wildman–Crippen MR) is 157 cm³/mol. The van der Waals surface area contributed by atoms with Crippen molar-refractivity contribution in [3.05, 3.63) is 74.9 Å². The van der Waals surface area contributed by atoms with E-state index in [2.05, 4.69) is 77.5 Å². The minimum absolute atomic E-state index is 0.00255. The summed E-state index contributed by atoms with van der Waals surface area (Å²) < 4.78 is 11.0. The quantitative estimate of drug-likeness (QED) is 0.131. The third kappa shape index (κ3) is 4.65. The van der Waals surface area contributed by atoms with E-state index in [1.807, 2.05) is 35.0 Å². The van der Waals surface area contributed by atoms with E-state index in [0.717, 1.165) is 59.0 Å². The minimum atomic E-state index is -1.15. The molecule has 37 heavy (non-hydrogen) atoms. The van der Waals surface area contributed by atoms with Gasteiger partial charge in [-0.3, -0.25) is 14.4 Å². The molecule has 3 heterocycles. The molecule has 2 aromatic carbocycles.